The van der Waals surface area contributed by atoms with Crippen LogP contribution in [0.5, 0.6) is 11.5 Å². The number of quaternary nitrogens is 1. The van der Waals surface area contributed by atoms with Crippen LogP contribution >= 0.6 is 0 Å². The topological polar surface area (TPSA) is 76.4 Å². The zero-order valence-corrected chi connectivity index (χ0v) is 18.0. The number of rotatable bonds is 9. The van der Waals surface area contributed by atoms with Crippen LogP contribution < -0.4 is 25.1 Å². The molecule has 0 unspecified atom stereocenters. The summed E-state index contributed by atoms with van der Waals surface area (Å²) in [6, 6.07) is 13.5. The third-order valence-corrected chi connectivity index (χ3v) is 5.34. The molecule has 7 heteroatoms. The van der Waals surface area contributed by atoms with Gasteiger partial charge in [-0.05, 0) is 42.8 Å². The van der Waals surface area contributed by atoms with E-state index in [2.05, 4.69) is 21.9 Å². The maximum absolute atomic E-state index is 12.2. The molecule has 1 amide bonds. The van der Waals surface area contributed by atoms with E-state index in [9.17, 15) is 4.79 Å². The van der Waals surface area contributed by atoms with Gasteiger partial charge in [-0.15, -0.1) is 0 Å². The summed E-state index contributed by atoms with van der Waals surface area (Å²) in [6.45, 7) is 5.34. The first-order chi connectivity index (χ1) is 14.6. The number of hydrogen-bond acceptors (Lipinski definition) is 5. The molecule has 2 aromatic rings. The second-order valence-corrected chi connectivity index (χ2v) is 7.45. The molecule has 2 aromatic carbocycles. The molecular formula is C23H31N4O3+. The van der Waals surface area contributed by atoms with Crippen LogP contribution in [0.3, 0.4) is 0 Å². The number of methoxy groups -OCH3 is 2. The predicted molar refractivity (Wildman–Crippen MR) is 118 cm³/mol. The van der Waals surface area contributed by atoms with Gasteiger partial charge in [0.25, 0.3) is 5.91 Å². The van der Waals surface area contributed by atoms with Crippen LogP contribution in [0.1, 0.15) is 30.9 Å². The molecule has 1 saturated heterocycles. The number of nitrogens with zero attached hydrogens (tertiary/aromatic N) is 1. The highest BCUT2D eigenvalue weighted by molar-refractivity contribution is 5.99. The second-order valence-electron chi connectivity index (χ2n) is 7.45. The van der Waals surface area contributed by atoms with Crippen LogP contribution in [-0.4, -0.2) is 45.5 Å². The molecule has 0 radical (unpaired) electrons. The molecule has 30 heavy (non-hydrogen) atoms. The van der Waals surface area contributed by atoms with Gasteiger partial charge in [-0.25, -0.2) is 5.43 Å². The molecule has 1 heterocycles. The highest BCUT2D eigenvalue weighted by atomic mass is 16.5. The maximum Gasteiger partial charge on any atom is 0.259 e. The van der Waals surface area contributed by atoms with E-state index in [0.29, 0.717) is 5.75 Å². The van der Waals surface area contributed by atoms with Gasteiger partial charge >= 0.3 is 0 Å². The van der Waals surface area contributed by atoms with Gasteiger partial charge in [-0.2, -0.15) is 5.10 Å². The molecule has 3 rings (SSSR count). The monoisotopic (exact) mass is 411 g/mol. The Morgan fingerprint density at radius 1 is 1.07 bits per heavy atom. The fraction of sp³-hybridized carbons (Fsp3) is 0.391. The fourth-order valence-electron chi connectivity index (χ4n) is 3.68. The Morgan fingerprint density at radius 3 is 2.53 bits per heavy atom. The minimum absolute atomic E-state index is 0.101. The lowest BCUT2D eigenvalue weighted by Crippen LogP contribution is -3.08. The number of para-hydroxylation sites is 2. The van der Waals surface area contributed by atoms with Crippen LogP contribution in [0.25, 0.3) is 0 Å². The highest BCUT2D eigenvalue weighted by Crippen LogP contribution is 2.22. The zero-order valence-electron chi connectivity index (χ0n) is 18.0. The zero-order chi connectivity index (χ0) is 21.3. The summed E-state index contributed by atoms with van der Waals surface area (Å²) in [5.74, 6) is 1.36. The summed E-state index contributed by atoms with van der Waals surface area (Å²) in [5, 5.41) is 7.34. The standard InChI is InChI=1S/C23H30N4O3/c1-17(25-26-23(28)15-24-20-8-4-5-9-22(20)30-3)18-10-11-21(29-2)19(14-18)16-27-12-6-7-13-27/h4-5,8-11,14,24H,6-7,12-13,15-16H2,1-3H3,(H,26,28)/p+1/b25-17-. The Bertz CT molecular complexity index is 892. The van der Waals surface area contributed by atoms with E-state index in [-0.39, 0.29) is 12.5 Å². The Morgan fingerprint density at radius 2 is 1.80 bits per heavy atom. The average molecular weight is 412 g/mol. The first-order valence-electron chi connectivity index (χ1n) is 10.3. The van der Waals surface area contributed by atoms with Crippen molar-refractivity contribution in [2.24, 2.45) is 5.10 Å². The van der Waals surface area contributed by atoms with Crippen molar-refractivity contribution in [1.29, 1.82) is 0 Å². The lowest BCUT2D eigenvalue weighted by Gasteiger charge is -2.15. The van der Waals surface area contributed by atoms with E-state index >= 15 is 0 Å². The van der Waals surface area contributed by atoms with E-state index in [1.165, 1.54) is 31.5 Å². The molecule has 1 aliphatic rings. The molecule has 0 atom stereocenters. The van der Waals surface area contributed by atoms with Crippen LogP contribution in [0, 0.1) is 0 Å². The third kappa shape index (κ3) is 5.73. The number of nitrogens with one attached hydrogen (secondary N) is 3. The summed E-state index contributed by atoms with van der Waals surface area (Å²) in [4.78, 5) is 13.8. The van der Waals surface area contributed by atoms with Crippen molar-refractivity contribution in [2.75, 3.05) is 39.2 Å². The lowest BCUT2D eigenvalue weighted by atomic mass is 10.1. The number of ether oxygens (including phenoxy) is 2. The number of hydrogen-bond donors (Lipinski definition) is 3. The molecule has 0 bridgehead atoms. The van der Waals surface area contributed by atoms with Crippen molar-refractivity contribution in [3.8, 4) is 11.5 Å². The first-order valence-corrected chi connectivity index (χ1v) is 10.3. The molecule has 0 aromatic heterocycles. The Kier molecular flexibility index (Phi) is 7.68. The molecule has 160 valence electrons. The molecule has 1 fully saturated rings. The van der Waals surface area contributed by atoms with Gasteiger partial charge in [-0.3, -0.25) is 4.79 Å². The van der Waals surface area contributed by atoms with Gasteiger partial charge in [0.1, 0.15) is 18.0 Å². The van der Waals surface area contributed by atoms with E-state index in [1.54, 1.807) is 19.1 Å². The van der Waals surface area contributed by atoms with Crippen LogP contribution in [0.15, 0.2) is 47.6 Å². The summed E-state index contributed by atoms with van der Waals surface area (Å²) >= 11 is 0. The van der Waals surface area contributed by atoms with Gasteiger partial charge in [0.2, 0.25) is 0 Å². The van der Waals surface area contributed by atoms with Gasteiger partial charge < -0.3 is 19.7 Å². The van der Waals surface area contributed by atoms with Gasteiger partial charge in [0, 0.05) is 18.4 Å². The number of hydrazone groups is 1. The quantitative estimate of drug-likeness (QED) is 0.435. The van der Waals surface area contributed by atoms with E-state index < -0.39 is 0 Å². The molecule has 3 N–H and O–H groups in total. The molecular weight excluding hydrogens is 380 g/mol. The predicted octanol–water partition coefficient (Wildman–Crippen LogP) is 1.83. The van der Waals surface area contributed by atoms with Crippen molar-refractivity contribution in [2.45, 2.75) is 26.3 Å². The number of carbonyl (C=O) groups excluding carboxylic acids is 1. The number of carbonyl (C=O) groups is 1. The third-order valence-electron chi connectivity index (χ3n) is 5.34. The van der Waals surface area contributed by atoms with Crippen molar-refractivity contribution < 1.29 is 19.2 Å². The second kappa shape index (κ2) is 10.6. The molecule has 0 aliphatic carbocycles. The number of anilines is 1. The van der Waals surface area contributed by atoms with Crippen LogP contribution in [-0.2, 0) is 11.3 Å². The highest BCUT2D eigenvalue weighted by Gasteiger charge is 2.18. The Balaban J connectivity index is 1.60. The van der Waals surface area contributed by atoms with Crippen molar-refractivity contribution in [3.63, 3.8) is 0 Å². The normalized spacial score (nSPS) is 14.4. The molecule has 7 nitrogen and oxygen atoms in total. The van der Waals surface area contributed by atoms with E-state index in [4.69, 9.17) is 9.47 Å². The maximum atomic E-state index is 12.2. The Labute approximate surface area is 178 Å². The molecule has 0 spiro atoms. The van der Waals surface area contributed by atoms with Gasteiger partial charge in [0.05, 0.1) is 45.3 Å². The van der Waals surface area contributed by atoms with Crippen LogP contribution in [0.4, 0.5) is 5.69 Å². The van der Waals surface area contributed by atoms with Crippen molar-refractivity contribution in [1.82, 2.24) is 5.43 Å². The molecule has 1 aliphatic heterocycles. The van der Waals surface area contributed by atoms with Gasteiger partial charge in [0.15, 0.2) is 0 Å². The largest absolute Gasteiger partial charge is 0.496 e. The summed E-state index contributed by atoms with van der Waals surface area (Å²) < 4.78 is 10.8. The minimum atomic E-state index is -0.226. The summed E-state index contributed by atoms with van der Waals surface area (Å²) in [7, 11) is 3.30. The van der Waals surface area contributed by atoms with Gasteiger partial charge in [-0.1, -0.05) is 12.1 Å². The smallest absolute Gasteiger partial charge is 0.259 e. The number of amides is 1. The van der Waals surface area contributed by atoms with E-state index in [0.717, 1.165) is 29.3 Å². The molecule has 0 saturated carbocycles. The minimum Gasteiger partial charge on any atom is -0.496 e. The number of benzene rings is 2. The Hall–Kier alpha value is -3.06. The van der Waals surface area contributed by atoms with E-state index in [1.807, 2.05) is 43.3 Å². The average Bonchev–Trinajstić information content (AvgIpc) is 3.29. The van der Waals surface area contributed by atoms with Crippen LogP contribution in [0.2, 0.25) is 0 Å². The lowest BCUT2D eigenvalue weighted by molar-refractivity contribution is -0.901. The summed E-state index contributed by atoms with van der Waals surface area (Å²) in [5.41, 5.74) is 6.28. The van der Waals surface area contributed by atoms with Crippen molar-refractivity contribution in [3.05, 3.63) is 53.6 Å². The summed E-state index contributed by atoms with van der Waals surface area (Å²) in [6.07, 6.45) is 2.57. The van der Waals surface area contributed by atoms with Crippen molar-refractivity contribution >= 4 is 17.3 Å². The fourth-order valence-corrected chi connectivity index (χ4v) is 3.68. The SMILES string of the molecule is COc1ccc(/C(C)=N\NC(=O)CNc2ccccc2OC)cc1C[NH+]1CCCC1. The first kappa shape index (κ1) is 21.6. The number of likely N-dealkylation sites (tertiary alicyclic amines) is 1.